The summed E-state index contributed by atoms with van der Waals surface area (Å²) in [5.74, 6) is 1.05. The Kier molecular flexibility index (Phi) is 8.54. The van der Waals surface area contributed by atoms with Crippen LogP contribution < -0.4 is 4.90 Å². The molecule has 3 aromatic rings. The van der Waals surface area contributed by atoms with Crippen LogP contribution in [0.1, 0.15) is 44.4 Å². The topological polar surface area (TPSA) is 69.6 Å². The number of carbonyl (C=O) groups excluding carboxylic acids is 2. The highest BCUT2D eigenvalue weighted by molar-refractivity contribution is 5.85. The van der Waals surface area contributed by atoms with Crippen LogP contribution in [0.25, 0.3) is 11.3 Å². The van der Waals surface area contributed by atoms with Crippen LogP contribution in [0.5, 0.6) is 0 Å². The van der Waals surface area contributed by atoms with Crippen molar-refractivity contribution in [3.8, 4) is 11.3 Å². The van der Waals surface area contributed by atoms with E-state index in [0.717, 1.165) is 22.6 Å². The number of aryl methyl sites for hydroxylation is 1. The maximum absolute atomic E-state index is 13.3. The number of hydrogen-bond donors (Lipinski definition) is 0. The third-order valence-electron chi connectivity index (χ3n) is 6.91. The summed E-state index contributed by atoms with van der Waals surface area (Å²) < 4.78 is 0. The van der Waals surface area contributed by atoms with Gasteiger partial charge in [0.1, 0.15) is 6.54 Å². The minimum atomic E-state index is -0.167. The molecule has 4 rings (SSSR count). The van der Waals surface area contributed by atoms with Gasteiger partial charge in [-0.3, -0.25) is 9.59 Å². The van der Waals surface area contributed by atoms with Crippen LogP contribution in [0.2, 0.25) is 0 Å². The van der Waals surface area contributed by atoms with Crippen LogP contribution in [0.4, 0.5) is 5.82 Å². The fourth-order valence-corrected chi connectivity index (χ4v) is 4.62. The SMILES string of the molecule is Cc1ccc(-c2ccc(N3CCN(C(=O)CN(C(=O)CC(C)C)[C@H](C)c4ccccc4)CC3)nn2)cc1. The second-order valence-electron chi connectivity index (χ2n) is 10.2. The standard InChI is InChI=1S/C30H37N5O2/c1-22(2)20-29(36)35(24(4)25-8-6-5-7-9-25)21-30(37)34-18-16-33(17-19-34)28-15-14-27(31-32-28)26-12-10-23(3)11-13-26/h5-15,22,24H,16-21H2,1-4H3/t24-/m1/s1. The van der Waals surface area contributed by atoms with Crippen LogP contribution in [0, 0.1) is 12.8 Å². The van der Waals surface area contributed by atoms with Crippen molar-refractivity contribution in [1.29, 1.82) is 0 Å². The first-order valence-corrected chi connectivity index (χ1v) is 13.1. The minimum Gasteiger partial charge on any atom is -0.352 e. The van der Waals surface area contributed by atoms with Crippen molar-refractivity contribution in [2.24, 2.45) is 5.92 Å². The normalized spacial score (nSPS) is 14.5. The number of amides is 2. The van der Waals surface area contributed by atoms with Gasteiger partial charge in [0, 0.05) is 38.2 Å². The molecule has 2 amide bonds. The Labute approximate surface area is 220 Å². The van der Waals surface area contributed by atoms with E-state index in [1.807, 2.05) is 68.1 Å². The van der Waals surface area contributed by atoms with Gasteiger partial charge in [-0.1, -0.05) is 74.0 Å². The van der Waals surface area contributed by atoms with E-state index in [2.05, 4.69) is 46.3 Å². The van der Waals surface area contributed by atoms with Crippen molar-refractivity contribution >= 4 is 17.6 Å². The summed E-state index contributed by atoms with van der Waals surface area (Å²) in [6, 6.07) is 22.0. The lowest BCUT2D eigenvalue weighted by Gasteiger charge is -2.37. The molecule has 2 heterocycles. The summed E-state index contributed by atoms with van der Waals surface area (Å²) in [5, 5.41) is 8.87. The number of nitrogens with zero attached hydrogens (tertiary/aromatic N) is 5. The van der Waals surface area contributed by atoms with Crippen LogP contribution in [-0.4, -0.2) is 64.5 Å². The maximum Gasteiger partial charge on any atom is 0.242 e. The minimum absolute atomic E-state index is 0.0136. The molecule has 0 N–H and O–H groups in total. The molecule has 0 aliphatic carbocycles. The van der Waals surface area contributed by atoms with E-state index < -0.39 is 0 Å². The molecule has 1 atom stereocenters. The second kappa shape index (κ2) is 12.0. The molecule has 1 fully saturated rings. The summed E-state index contributed by atoms with van der Waals surface area (Å²) in [7, 11) is 0. The van der Waals surface area contributed by atoms with E-state index in [1.165, 1.54) is 5.56 Å². The van der Waals surface area contributed by atoms with Crippen molar-refractivity contribution < 1.29 is 9.59 Å². The predicted molar refractivity (Wildman–Crippen MR) is 147 cm³/mol. The number of anilines is 1. The molecule has 0 unspecified atom stereocenters. The van der Waals surface area contributed by atoms with Crippen molar-refractivity contribution in [3.05, 3.63) is 77.9 Å². The molecule has 2 aromatic carbocycles. The second-order valence-corrected chi connectivity index (χ2v) is 10.2. The van der Waals surface area contributed by atoms with Gasteiger partial charge in [0.05, 0.1) is 11.7 Å². The van der Waals surface area contributed by atoms with Gasteiger partial charge in [-0.2, -0.15) is 0 Å². The lowest BCUT2D eigenvalue weighted by atomic mass is 10.0. The van der Waals surface area contributed by atoms with E-state index in [-0.39, 0.29) is 30.3 Å². The Hall–Kier alpha value is -3.74. The lowest BCUT2D eigenvalue weighted by Crippen LogP contribution is -2.52. The highest BCUT2D eigenvalue weighted by atomic mass is 16.2. The van der Waals surface area contributed by atoms with Crippen molar-refractivity contribution in [1.82, 2.24) is 20.0 Å². The molecule has 0 bridgehead atoms. The van der Waals surface area contributed by atoms with Gasteiger partial charge in [0.15, 0.2) is 5.82 Å². The molecule has 1 aliphatic rings. The van der Waals surface area contributed by atoms with Gasteiger partial charge in [-0.05, 0) is 37.5 Å². The first kappa shape index (κ1) is 26.3. The van der Waals surface area contributed by atoms with Gasteiger partial charge in [-0.25, -0.2) is 0 Å². The number of benzene rings is 2. The zero-order chi connectivity index (χ0) is 26.4. The Morgan fingerprint density at radius 2 is 1.54 bits per heavy atom. The quantitative estimate of drug-likeness (QED) is 0.448. The smallest absolute Gasteiger partial charge is 0.242 e. The molecule has 1 aromatic heterocycles. The van der Waals surface area contributed by atoms with Crippen LogP contribution in [0.3, 0.4) is 0 Å². The number of piperazine rings is 1. The Morgan fingerprint density at radius 3 is 2.14 bits per heavy atom. The Balaban J connectivity index is 1.37. The van der Waals surface area contributed by atoms with E-state index in [4.69, 9.17) is 0 Å². The monoisotopic (exact) mass is 499 g/mol. The molecule has 7 heteroatoms. The third kappa shape index (κ3) is 6.73. The van der Waals surface area contributed by atoms with Gasteiger partial charge in [0.2, 0.25) is 11.8 Å². The van der Waals surface area contributed by atoms with E-state index in [9.17, 15) is 9.59 Å². The number of rotatable bonds is 8. The summed E-state index contributed by atoms with van der Waals surface area (Å²) in [4.78, 5) is 32.1. The Morgan fingerprint density at radius 1 is 0.865 bits per heavy atom. The summed E-state index contributed by atoms with van der Waals surface area (Å²) in [6.07, 6.45) is 0.426. The Bertz CT molecular complexity index is 1170. The number of carbonyl (C=O) groups is 2. The first-order valence-electron chi connectivity index (χ1n) is 13.1. The average molecular weight is 500 g/mol. The summed E-state index contributed by atoms with van der Waals surface area (Å²) in [6.45, 7) is 10.7. The molecule has 0 saturated carbocycles. The molecular weight excluding hydrogens is 462 g/mol. The highest BCUT2D eigenvalue weighted by Crippen LogP contribution is 2.23. The molecule has 0 spiro atoms. The molecular formula is C30H37N5O2. The molecule has 1 saturated heterocycles. The van der Waals surface area contributed by atoms with Gasteiger partial charge in [-0.15, -0.1) is 10.2 Å². The summed E-state index contributed by atoms with van der Waals surface area (Å²) >= 11 is 0. The van der Waals surface area contributed by atoms with Gasteiger partial charge < -0.3 is 14.7 Å². The molecule has 37 heavy (non-hydrogen) atoms. The van der Waals surface area contributed by atoms with E-state index in [1.54, 1.807) is 4.90 Å². The maximum atomic E-state index is 13.3. The molecule has 7 nitrogen and oxygen atoms in total. The fraction of sp³-hybridized carbons (Fsp3) is 0.400. The van der Waals surface area contributed by atoms with Crippen LogP contribution in [-0.2, 0) is 9.59 Å². The molecule has 194 valence electrons. The number of aromatic nitrogens is 2. The highest BCUT2D eigenvalue weighted by Gasteiger charge is 2.28. The van der Waals surface area contributed by atoms with E-state index in [0.29, 0.717) is 32.6 Å². The van der Waals surface area contributed by atoms with Crippen molar-refractivity contribution in [2.45, 2.75) is 40.2 Å². The first-order chi connectivity index (χ1) is 17.8. The van der Waals surface area contributed by atoms with Gasteiger partial charge in [0.25, 0.3) is 0 Å². The third-order valence-corrected chi connectivity index (χ3v) is 6.91. The predicted octanol–water partition coefficient (Wildman–Crippen LogP) is 4.74. The zero-order valence-electron chi connectivity index (χ0n) is 22.3. The number of hydrogen-bond acceptors (Lipinski definition) is 5. The fourth-order valence-electron chi connectivity index (χ4n) is 4.62. The van der Waals surface area contributed by atoms with E-state index >= 15 is 0 Å². The average Bonchev–Trinajstić information content (AvgIpc) is 2.92. The van der Waals surface area contributed by atoms with Crippen LogP contribution in [0.15, 0.2) is 66.7 Å². The molecule has 1 aliphatic heterocycles. The molecule has 0 radical (unpaired) electrons. The van der Waals surface area contributed by atoms with Gasteiger partial charge >= 0.3 is 0 Å². The van der Waals surface area contributed by atoms with Crippen LogP contribution >= 0.6 is 0 Å². The zero-order valence-corrected chi connectivity index (χ0v) is 22.3. The van der Waals surface area contributed by atoms with Crippen molar-refractivity contribution in [2.75, 3.05) is 37.6 Å². The van der Waals surface area contributed by atoms with Crippen molar-refractivity contribution in [3.63, 3.8) is 0 Å². The lowest BCUT2D eigenvalue weighted by molar-refractivity contribution is -0.143. The largest absolute Gasteiger partial charge is 0.352 e. The summed E-state index contributed by atoms with van der Waals surface area (Å²) in [5.41, 5.74) is 4.13.